The molecule has 0 aromatic heterocycles. The number of ketones is 1. The molecule has 122 valence electrons. The Labute approximate surface area is 139 Å². The molecule has 0 saturated heterocycles. The first-order chi connectivity index (χ1) is 11.6. The summed E-state index contributed by atoms with van der Waals surface area (Å²) in [5, 5.41) is 0. The molecule has 0 aliphatic carbocycles. The van der Waals surface area contributed by atoms with Gasteiger partial charge in [-0.2, -0.15) is 0 Å². The predicted octanol–water partition coefficient (Wildman–Crippen LogP) is 3.24. The molecule has 0 amide bonds. The highest BCUT2D eigenvalue weighted by Crippen LogP contribution is 2.35. The minimum atomic E-state index is -0.746. The molecular formula is C19H16O5. The van der Waals surface area contributed by atoms with Crippen LogP contribution in [0.3, 0.4) is 0 Å². The zero-order valence-electron chi connectivity index (χ0n) is 13.3. The molecule has 0 spiro atoms. The van der Waals surface area contributed by atoms with Gasteiger partial charge in [0, 0.05) is 6.07 Å². The number of carbonyl (C=O) groups is 2. The number of Topliss-reactive ketones (excluding diaryl/α,β-unsaturated/α-hetero) is 1. The van der Waals surface area contributed by atoms with Gasteiger partial charge in [-0.1, -0.05) is 30.3 Å². The number of rotatable bonds is 4. The van der Waals surface area contributed by atoms with Crippen molar-refractivity contribution in [3.8, 4) is 11.5 Å². The van der Waals surface area contributed by atoms with Gasteiger partial charge in [0.1, 0.15) is 11.5 Å². The number of fused-ring (bicyclic) bond motifs is 1. The van der Waals surface area contributed by atoms with Crippen molar-refractivity contribution in [3.05, 3.63) is 65.4 Å². The Kier molecular flexibility index (Phi) is 4.33. The predicted molar refractivity (Wildman–Crippen MR) is 87.9 cm³/mol. The smallest absolute Gasteiger partial charge is 0.346 e. The van der Waals surface area contributed by atoms with Gasteiger partial charge in [0.2, 0.25) is 5.78 Å². The second-order valence-electron chi connectivity index (χ2n) is 5.29. The van der Waals surface area contributed by atoms with Crippen molar-refractivity contribution in [3.63, 3.8) is 0 Å². The van der Waals surface area contributed by atoms with Gasteiger partial charge in [-0.15, -0.1) is 0 Å². The standard InChI is InChI=1S/C19H16O5/c1-12(19(21)22-2)23-14-8-9-15-16(11-14)24-17(18(15)20)10-13-6-4-3-5-7-13/h3-12H,1-2H3/b17-10+/t12-/m1/s1. The molecule has 24 heavy (non-hydrogen) atoms. The molecule has 1 heterocycles. The van der Waals surface area contributed by atoms with Crippen LogP contribution in [-0.4, -0.2) is 25.0 Å². The van der Waals surface area contributed by atoms with Crippen LogP contribution < -0.4 is 9.47 Å². The lowest BCUT2D eigenvalue weighted by Crippen LogP contribution is -2.24. The third-order valence-corrected chi connectivity index (χ3v) is 3.58. The molecule has 5 nitrogen and oxygen atoms in total. The summed E-state index contributed by atoms with van der Waals surface area (Å²) < 4.78 is 15.8. The lowest BCUT2D eigenvalue weighted by atomic mass is 10.1. The van der Waals surface area contributed by atoms with Crippen LogP contribution in [-0.2, 0) is 9.53 Å². The Balaban J connectivity index is 1.82. The summed E-state index contributed by atoms with van der Waals surface area (Å²) >= 11 is 0. The summed E-state index contributed by atoms with van der Waals surface area (Å²) in [6, 6.07) is 14.3. The van der Waals surface area contributed by atoms with Crippen molar-refractivity contribution < 1.29 is 23.8 Å². The van der Waals surface area contributed by atoms with E-state index in [1.165, 1.54) is 7.11 Å². The van der Waals surface area contributed by atoms with Gasteiger partial charge in [-0.05, 0) is 30.7 Å². The summed E-state index contributed by atoms with van der Waals surface area (Å²) in [7, 11) is 1.30. The average molecular weight is 324 g/mol. The van der Waals surface area contributed by atoms with Crippen LogP contribution in [0.2, 0.25) is 0 Å². The van der Waals surface area contributed by atoms with E-state index in [-0.39, 0.29) is 11.5 Å². The van der Waals surface area contributed by atoms with Crippen molar-refractivity contribution in [1.29, 1.82) is 0 Å². The summed E-state index contributed by atoms with van der Waals surface area (Å²) in [6.07, 6.45) is 0.949. The maximum absolute atomic E-state index is 12.4. The maximum Gasteiger partial charge on any atom is 0.346 e. The number of carbonyl (C=O) groups excluding carboxylic acids is 2. The van der Waals surface area contributed by atoms with E-state index in [1.54, 1.807) is 31.2 Å². The lowest BCUT2D eigenvalue weighted by Gasteiger charge is -2.12. The summed E-state index contributed by atoms with van der Waals surface area (Å²) in [5.74, 6) is 0.449. The molecule has 1 atom stereocenters. The van der Waals surface area contributed by atoms with E-state index in [0.29, 0.717) is 17.1 Å². The topological polar surface area (TPSA) is 61.8 Å². The zero-order valence-corrected chi connectivity index (χ0v) is 13.3. The molecule has 1 aliphatic rings. The van der Waals surface area contributed by atoms with E-state index in [9.17, 15) is 9.59 Å². The maximum atomic E-state index is 12.4. The van der Waals surface area contributed by atoms with E-state index >= 15 is 0 Å². The fourth-order valence-electron chi connectivity index (χ4n) is 2.36. The number of esters is 1. The number of benzene rings is 2. The molecule has 0 saturated carbocycles. The molecule has 0 N–H and O–H groups in total. The largest absolute Gasteiger partial charge is 0.479 e. The van der Waals surface area contributed by atoms with E-state index in [2.05, 4.69) is 4.74 Å². The quantitative estimate of drug-likeness (QED) is 0.638. The van der Waals surface area contributed by atoms with E-state index < -0.39 is 12.1 Å². The molecule has 0 bridgehead atoms. The van der Waals surface area contributed by atoms with E-state index in [4.69, 9.17) is 9.47 Å². The summed E-state index contributed by atoms with van der Waals surface area (Å²) in [5.41, 5.74) is 1.35. The van der Waals surface area contributed by atoms with Gasteiger partial charge >= 0.3 is 5.97 Å². The highest BCUT2D eigenvalue weighted by molar-refractivity contribution is 6.14. The molecule has 2 aromatic rings. The van der Waals surface area contributed by atoms with Crippen LogP contribution in [0.4, 0.5) is 0 Å². The van der Waals surface area contributed by atoms with Gasteiger partial charge in [-0.25, -0.2) is 4.79 Å². The van der Waals surface area contributed by atoms with E-state index in [1.807, 2.05) is 30.3 Å². The average Bonchev–Trinajstić information content (AvgIpc) is 2.90. The Morgan fingerprint density at radius 1 is 1.17 bits per heavy atom. The number of allylic oxidation sites excluding steroid dienone is 1. The molecular weight excluding hydrogens is 308 g/mol. The third-order valence-electron chi connectivity index (χ3n) is 3.58. The van der Waals surface area contributed by atoms with Crippen molar-refractivity contribution in [2.75, 3.05) is 7.11 Å². The van der Waals surface area contributed by atoms with Crippen LogP contribution in [0.15, 0.2) is 54.3 Å². The lowest BCUT2D eigenvalue weighted by molar-refractivity contribution is -0.147. The third kappa shape index (κ3) is 3.15. The number of ether oxygens (including phenoxy) is 3. The zero-order chi connectivity index (χ0) is 17.1. The Hall–Kier alpha value is -3.08. The molecule has 1 aliphatic heterocycles. The summed E-state index contributed by atoms with van der Waals surface area (Å²) in [4.78, 5) is 23.8. The molecule has 5 heteroatoms. The van der Waals surface area contributed by atoms with Gasteiger partial charge in [0.15, 0.2) is 11.9 Å². The van der Waals surface area contributed by atoms with Gasteiger partial charge in [-0.3, -0.25) is 4.79 Å². The summed E-state index contributed by atoms with van der Waals surface area (Å²) in [6.45, 7) is 1.59. The fraction of sp³-hybridized carbons (Fsp3) is 0.158. The van der Waals surface area contributed by atoms with Crippen LogP contribution in [0.25, 0.3) is 6.08 Å². The second kappa shape index (κ2) is 6.58. The second-order valence-corrected chi connectivity index (χ2v) is 5.29. The van der Waals surface area contributed by atoms with E-state index in [0.717, 1.165) is 5.56 Å². The van der Waals surface area contributed by atoms with Crippen LogP contribution in [0, 0.1) is 0 Å². The molecule has 2 aromatic carbocycles. The molecule has 0 radical (unpaired) electrons. The highest BCUT2D eigenvalue weighted by Gasteiger charge is 2.28. The first-order valence-electron chi connectivity index (χ1n) is 7.46. The van der Waals surface area contributed by atoms with Gasteiger partial charge < -0.3 is 14.2 Å². The van der Waals surface area contributed by atoms with Crippen molar-refractivity contribution in [2.24, 2.45) is 0 Å². The van der Waals surface area contributed by atoms with Crippen molar-refractivity contribution in [1.82, 2.24) is 0 Å². The normalized spacial score (nSPS) is 15.6. The number of methoxy groups -OCH3 is 1. The Bertz CT molecular complexity index is 808. The number of hydrogen-bond acceptors (Lipinski definition) is 5. The first kappa shape index (κ1) is 15.8. The SMILES string of the molecule is COC(=O)[C@@H](C)Oc1ccc2c(c1)O/C(=C/c1ccccc1)C2=O. The van der Waals surface area contributed by atoms with Crippen LogP contribution >= 0.6 is 0 Å². The van der Waals surface area contributed by atoms with Crippen molar-refractivity contribution in [2.45, 2.75) is 13.0 Å². The molecule has 0 unspecified atom stereocenters. The first-order valence-corrected chi connectivity index (χ1v) is 7.46. The molecule has 3 rings (SSSR count). The van der Waals surface area contributed by atoms with Crippen LogP contribution in [0.1, 0.15) is 22.8 Å². The van der Waals surface area contributed by atoms with Gasteiger partial charge in [0.25, 0.3) is 0 Å². The monoisotopic (exact) mass is 324 g/mol. The highest BCUT2D eigenvalue weighted by atomic mass is 16.6. The number of hydrogen-bond donors (Lipinski definition) is 0. The minimum absolute atomic E-state index is 0.179. The minimum Gasteiger partial charge on any atom is -0.479 e. The Morgan fingerprint density at radius 3 is 2.62 bits per heavy atom. The van der Waals surface area contributed by atoms with Gasteiger partial charge in [0.05, 0.1) is 12.7 Å². The molecule has 0 fully saturated rings. The fourth-order valence-corrected chi connectivity index (χ4v) is 2.36. The van der Waals surface area contributed by atoms with Crippen LogP contribution in [0.5, 0.6) is 11.5 Å². The van der Waals surface area contributed by atoms with Crippen molar-refractivity contribution >= 4 is 17.8 Å². The Morgan fingerprint density at radius 2 is 1.92 bits per heavy atom.